The van der Waals surface area contributed by atoms with Crippen molar-refractivity contribution < 1.29 is 29.0 Å². The molecule has 8 heteroatoms. The van der Waals surface area contributed by atoms with Gasteiger partial charge < -0.3 is 24.8 Å². The van der Waals surface area contributed by atoms with E-state index in [2.05, 4.69) is 29.6 Å². The van der Waals surface area contributed by atoms with Gasteiger partial charge in [0.15, 0.2) is 0 Å². The first-order chi connectivity index (χ1) is 15.8. The maximum absolute atomic E-state index is 12.6. The number of benzene rings is 2. The Morgan fingerprint density at radius 2 is 1.67 bits per heavy atom. The molecule has 1 unspecified atom stereocenters. The topological polar surface area (TPSA) is 105 Å². The van der Waals surface area contributed by atoms with E-state index < -0.39 is 30.2 Å². The summed E-state index contributed by atoms with van der Waals surface area (Å²) in [6, 6.07) is 16.2. The van der Waals surface area contributed by atoms with Crippen molar-refractivity contribution in [1.29, 1.82) is 0 Å². The van der Waals surface area contributed by atoms with Crippen LogP contribution in [0, 0.1) is 5.92 Å². The summed E-state index contributed by atoms with van der Waals surface area (Å²) in [6.45, 7) is 4.14. The molecule has 174 valence electrons. The largest absolute Gasteiger partial charge is 0.480 e. The molecule has 33 heavy (non-hydrogen) atoms. The predicted molar refractivity (Wildman–Crippen MR) is 121 cm³/mol. The second kappa shape index (κ2) is 9.23. The number of hydrogen-bond donors (Lipinski definition) is 2. The second-order valence-electron chi connectivity index (χ2n) is 8.93. The molecule has 2 aliphatic rings. The van der Waals surface area contributed by atoms with Gasteiger partial charge in [-0.2, -0.15) is 0 Å². The number of aliphatic carboxylic acids is 1. The van der Waals surface area contributed by atoms with Crippen LogP contribution in [0.4, 0.5) is 4.79 Å². The van der Waals surface area contributed by atoms with Gasteiger partial charge in [0.05, 0.1) is 19.0 Å². The normalized spacial score (nSPS) is 16.8. The minimum absolute atomic E-state index is 0.0215. The Balaban J connectivity index is 1.24. The number of nitrogens with zero attached hydrogens (tertiary/aromatic N) is 1. The monoisotopic (exact) mass is 452 g/mol. The number of nitrogens with one attached hydrogen (secondary N) is 1. The Bertz CT molecular complexity index is 1020. The highest BCUT2D eigenvalue weighted by Crippen LogP contribution is 2.44. The molecule has 2 aromatic carbocycles. The number of alkyl carbamates (subject to hydrolysis) is 1. The molecule has 0 spiro atoms. The fraction of sp³-hybridized carbons (Fsp3) is 0.400. The standard InChI is InChI=1S/C25H28N2O6/c1-16(23(30)27-14-25(2,15-27)33-13-22(28)29)11-26-24(31)32-12-21-19-9-5-3-7-17(19)18-8-4-6-10-20(18)21/h3-10,16,21H,11-15H2,1-2H3,(H,26,31)(H,28,29). The van der Waals surface area contributed by atoms with Gasteiger partial charge in [-0.15, -0.1) is 0 Å². The molecule has 8 nitrogen and oxygen atoms in total. The first kappa shape index (κ1) is 22.8. The number of carboxylic acids is 1. The predicted octanol–water partition coefficient (Wildman–Crippen LogP) is 2.86. The average Bonchev–Trinajstić information content (AvgIpc) is 3.11. The smallest absolute Gasteiger partial charge is 0.407 e. The van der Waals surface area contributed by atoms with Crippen LogP contribution in [-0.4, -0.2) is 66.4 Å². The van der Waals surface area contributed by atoms with Crippen LogP contribution in [0.3, 0.4) is 0 Å². The highest BCUT2D eigenvalue weighted by Gasteiger charge is 2.43. The third kappa shape index (κ3) is 4.85. The zero-order valence-electron chi connectivity index (χ0n) is 18.7. The number of amides is 2. The van der Waals surface area contributed by atoms with Crippen molar-refractivity contribution in [1.82, 2.24) is 10.2 Å². The zero-order chi connectivity index (χ0) is 23.6. The zero-order valence-corrected chi connectivity index (χ0v) is 18.7. The molecule has 1 aliphatic carbocycles. The lowest BCUT2D eigenvalue weighted by atomic mass is 9.94. The van der Waals surface area contributed by atoms with Crippen molar-refractivity contribution in [2.45, 2.75) is 25.4 Å². The van der Waals surface area contributed by atoms with Crippen molar-refractivity contribution in [2.24, 2.45) is 5.92 Å². The van der Waals surface area contributed by atoms with Gasteiger partial charge in [-0.3, -0.25) is 4.79 Å². The van der Waals surface area contributed by atoms with E-state index in [1.165, 1.54) is 0 Å². The van der Waals surface area contributed by atoms with Crippen LogP contribution >= 0.6 is 0 Å². The number of carboxylic acid groups (broad SMARTS) is 1. The summed E-state index contributed by atoms with van der Waals surface area (Å²) in [5, 5.41) is 11.4. The van der Waals surface area contributed by atoms with Gasteiger partial charge in [0, 0.05) is 12.5 Å². The lowest BCUT2D eigenvalue weighted by molar-refractivity contribution is -0.175. The van der Waals surface area contributed by atoms with Gasteiger partial charge in [-0.1, -0.05) is 55.5 Å². The van der Waals surface area contributed by atoms with Gasteiger partial charge in [-0.25, -0.2) is 9.59 Å². The summed E-state index contributed by atoms with van der Waals surface area (Å²) in [4.78, 5) is 37.2. The molecular weight excluding hydrogens is 424 g/mol. The van der Waals surface area contributed by atoms with Crippen LogP contribution in [0.5, 0.6) is 0 Å². The first-order valence-electron chi connectivity index (χ1n) is 11.0. The summed E-state index contributed by atoms with van der Waals surface area (Å²) in [6.07, 6.45) is -0.560. The van der Waals surface area contributed by atoms with Crippen molar-refractivity contribution in [2.75, 3.05) is 32.8 Å². The van der Waals surface area contributed by atoms with Crippen LogP contribution in [0.15, 0.2) is 48.5 Å². The highest BCUT2D eigenvalue weighted by molar-refractivity contribution is 5.81. The van der Waals surface area contributed by atoms with E-state index in [4.69, 9.17) is 14.6 Å². The van der Waals surface area contributed by atoms with Crippen molar-refractivity contribution in [3.8, 4) is 11.1 Å². The molecule has 0 radical (unpaired) electrons. The summed E-state index contributed by atoms with van der Waals surface area (Å²) in [5.41, 5.74) is 3.96. The molecule has 0 bridgehead atoms. The number of rotatable bonds is 8. The highest BCUT2D eigenvalue weighted by atomic mass is 16.5. The minimum Gasteiger partial charge on any atom is -0.480 e. The molecule has 1 aliphatic heterocycles. The number of fused-ring (bicyclic) bond motifs is 3. The Labute approximate surface area is 192 Å². The number of likely N-dealkylation sites (tertiary alicyclic amines) is 1. The van der Waals surface area contributed by atoms with Crippen LogP contribution < -0.4 is 5.32 Å². The first-order valence-corrected chi connectivity index (χ1v) is 11.0. The molecule has 2 N–H and O–H groups in total. The number of carbonyl (C=O) groups excluding carboxylic acids is 2. The molecule has 1 heterocycles. The lowest BCUT2D eigenvalue weighted by Crippen LogP contribution is -2.64. The third-order valence-corrected chi connectivity index (χ3v) is 6.22. The number of carbonyl (C=O) groups is 3. The van der Waals surface area contributed by atoms with Crippen molar-refractivity contribution in [3.05, 3.63) is 59.7 Å². The van der Waals surface area contributed by atoms with E-state index in [0.717, 1.165) is 22.3 Å². The van der Waals surface area contributed by atoms with Crippen LogP contribution in [0.2, 0.25) is 0 Å². The van der Waals surface area contributed by atoms with E-state index in [-0.39, 0.29) is 25.0 Å². The van der Waals surface area contributed by atoms with Gasteiger partial charge >= 0.3 is 12.1 Å². The molecular formula is C25H28N2O6. The van der Waals surface area contributed by atoms with Gasteiger partial charge in [0.25, 0.3) is 0 Å². The van der Waals surface area contributed by atoms with E-state index >= 15 is 0 Å². The van der Waals surface area contributed by atoms with Crippen LogP contribution in [-0.2, 0) is 19.1 Å². The fourth-order valence-corrected chi connectivity index (χ4v) is 4.53. The Morgan fingerprint density at radius 3 is 2.24 bits per heavy atom. The second-order valence-corrected chi connectivity index (χ2v) is 8.93. The summed E-state index contributed by atoms with van der Waals surface area (Å²) in [5.74, 6) is -1.62. The number of hydrogen-bond acceptors (Lipinski definition) is 5. The lowest BCUT2D eigenvalue weighted by Gasteiger charge is -2.48. The summed E-state index contributed by atoms with van der Waals surface area (Å²) >= 11 is 0. The molecule has 1 fully saturated rings. The summed E-state index contributed by atoms with van der Waals surface area (Å²) < 4.78 is 10.8. The fourth-order valence-electron chi connectivity index (χ4n) is 4.53. The Kier molecular flexibility index (Phi) is 6.37. The van der Waals surface area contributed by atoms with E-state index in [1.807, 2.05) is 24.3 Å². The SMILES string of the molecule is CC(CNC(=O)OCC1c2ccccc2-c2ccccc21)C(=O)N1CC(C)(OCC(=O)O)C1. The molecule has 2 aromatic rings. The summed E-state index contributed by atoms with van der Waals surface area (Å²) in [7, 11) is 0. The average molecular weight is 453 g/mol. The molecule has 1 atom stereocenters. The van der Waals surface area contributed by atoms with Gasteiger partial charge in [0.2, 0.25) is 5.91 Å². The van der Waals surface area contributed by atoms with E-state index in [0.29, 0.717) is 13.1 Å². The maximum atomic E-state index is 12.6. The molecule has 1 saturated heterocycles. The minimum atomic E-state index is -1.04. The van der Waals surface area contributed by atoms with Crippen LogP contribution in [0.1, 0.15) is 30.9 Å². The Morgan fingerprint density at radius 1 is 1.09 bits per heavy atom. The molecule has 2 amide bonds. The van der Waals surface area contributed by atoms with Crippen molar-refractivity contribution >= 4 is 18.0 Å². The number of ether oxygens (including phenoxy) is 2. The van der Waals surface area contributed by atoms with Crippen LogP contribution in [0.25, 0.3) is 11.1 Å². The molecule has 0 aromatic heterocycles. The Hall–Kier alpha value is -3.39. The van der Waals surface area contributed by atoms with E-state index in [9.17, 15) is 14.4 Å². The van der Waals surface area contributed by atoms with E-state index in [1.54, 1.807) is 18.7 Å². The third-order valence-electron chi connectivity index (χ3n) is 6.22. The molecule has 4 rings (SSSR count). The maximum Gasteiger partial charge on any atom is 0.407 e. The van der Waals surface area contributed by atoms with Gasteiger partial charge in [0.1, 0.15) is 18.8 Å². The molecule has 0 saturated carbocycles. The van der Waals surface area contributed by atoms with Gasteiger partial charge in [-0.05, 0) is 29.2 Å². The van der Waals surface area contributed by atoms with Crippen molar-refractivity contribution in [3.63, 3.8) is 0 Å². The quantitative estimate of drug-likeness (QED) is 0.638.